The molecule has 10 heteroatoms. The van der Waals surface area contributed by atoms with E-state index in [0.717, 1.165) is 16.1 Å². The van der Waals surface area contributed by atoms with E-state index in [-0.39, 0.29) is 26.2 Å². The molecule has 30 heavy (non-hydrogen) atoms. The number of piperazine rings is 1. The first kappa shape index (κ1) is 22.5. The number of hydrogen-bond acceptors (Lipinski definition) is 3. The van der Waals surface area contributed by atoms with Crippen LogP contribution in [0.1, 0.15) is 25.3 Å². The summed E-state index contributed by atoms with van der Waals surface area (Å²) in [6.07, 6.45) is 0. The zero-order valence-corrected chi connectivity index (χ0v) is 18.2. The lowest BCUT2D eigenvalue weighted by Crippen LogP contribution is -2.51. The third kappa shape index (κ3) is 4.60. The Labute approximate surface area is 179 Å². The van der Waals surface area contributed by atoms with E-state index in [2.05, 4.69) is 19.2 Å². The van der Waals surface area contributed by atoms with E-state index >= 15 is 0 Å². The monoisotopic (exact) mass is 457 g/mol. The number of anilines is 1. The van der Waals surface area contributed by atoms with Gasteiger partial charge in [0.05, 0.1) is 0 Å². The number of nitrogens with one attached hydrogen (secondary N) is 1. The van der Waals surface area contributed by atoms with Crippen LogP contribution in [-0.2, 0) is 10.0 Å². The Morgan fingerprint density at radius 3 is 2.13 bits per heavy atom. The minimum atomic E-state index is -4.29. The van der Waals surface area contributed by atoms with E-state index in [1.807, 2.05) is 24.3 Å². The predicted molar refractivity (Wildman–Crippen MR) is 113 cm³/mol. The van der Waals surface area contributed by atoms with E-state index < -0.39 is 32.4 Å². The molecule has 0 unspecified atom stereocenters. The molecule has 0 aromatic heterocycles. The molecule has 0 saturated carbocycles. The van der Waals surface area contributed by atoms with Crippen molar-refractivity contribution in [3.8, 4) is 0 Å². The molecule has 0 bridgehead atoms. The van der Waals surface area contributed by atoms with E-state index in [1.54, 1.807) is 4.90 Å². The van der Waals surface area contributed by atoms with Gasteiger partial charge >= 0.3 is 0 Å². The number of sulfonamides is 1. The van der Waals surface area contributed by atoms with Crippen LogP contribution in [-0.4, -0.2) is 48.9 Å². The van der Waals surface area contributed by atoms with Gasteiger partial charge in [-0.2, -0.15) is 4.31 Å². The van der Waals surface area contributed by atoms with Gasteiger partial charge in [0, 0.05) is 31.9 Å². The van der Waals surface area contributed by atoms with Crippen molar-refractivity contribution in [2.45, 2.75) is 24.7 Å². The van der Waals surface area contributed by atoms with Gasteiger partial charge in [0.25, 0.3) is 0 Å². The lowest BCUT2D eigenvalue weighted by molar-refractivity contribution is 0.267. The smallest absolute Gasteiger partial charge is 0.246 e. The topological polar surface area (TPSA) is 52.6 Å². The van der Waals surface area contributed by atoms with Gasteiger partial charge in [0.15, 0.2) is 22.6 Å². The first-order valence-electron chi connectivity index (χ1n) is 9.41. The second kappa shape index (κ2) is 8.91. The largest absolute Gasteiger partial charge is 0.346 e. The molecule has 0 spiro atoms. The molecular weight excluding hydrogens is 435 g/mol. The second-order valence-electron chi connectivity index (χ2n) is 7.27. The summed E-state index contributed by atoms with van der Waals surface area (Å²) in [5, 5.41) is 3.57. The van der Waals surface area contributed by atoms with Crippen molar-refractivity contribution in [2.24, 2.45) is 0 Å². The minimum absolute atomic E-state index is 0.0366. The number of benzene rings is 2. The van der Waals surface area contributed by atoms with Crippen LogP contribution >= 0.6 is 12.2 Å². The van der Waals surface area contributed by atoms with Crippen molar-refractivity contribution in [2.75, 3.05) is 31.5 Å². The van der Waals surface area contributed by atoms with Gasteiger partial charge in [-0.05, 0) is 48.0 Å². The molecule has 1 aliphatic rings. The average molecular weight is 458 g/mol. The third-order valence-electron chi connectivity index (χ3n) is 4.97. The third-order valence-corrected chi connectivity index (χ3v) is 7.25. The van der Waals surface area contributed by atoms with Crippen LogP contribution in [0, 0.1) is 17.5 Å². The Balaban J connectivity index is 1.64. The maximum Gasteiger partial charge on any atom is 0.246 e. The number of rotatable bonds is 4. The summed E-state index contributed by atoms with van der Waals surface area (Å²) in [6.45, 7) is 4.84. The van der Waals surface area contributed by atoms with Gasteiger partial charge in [-0.3, -0.25) is 0 Å². The first-order valence-corrected chi connectivity index (χ1v) is 11.3. The zero-order valence-electron chi connectivity index (χ0n) is 16.5. The maximum atomic E-state index is 14.0. The summed E-state index contributed by atoms with van der Waals surface area (Å²) in [4.78, 5) is 0.931. The standard InChI is InChI=1S/C20H22F3N3O2S2/c1-13(2)14-3-5-15(6-4-14)24-20(29)25-9-11-26(12-10-25)30(27,28)17-8-7-16(21)18(22)19(17)23/h3-8,13H,9-12H2,1-2H3,(H,24,29). The van der Waals surface area contributed by atoms with Crippen LogP contribution in [0.4, 0.5) is 18.9 Å². The molecule has 162 valence electrons. The molecule has 0 radical (unpaired) electrons. The number of halogens is 3. The fourth-order valence-corrected chi connectivity index (χ4v) is 4.91. The first-order chi connectivity index (χ1) is 14.1. The highest BCUT2D eigenvalue weighted by Gasteiger charge is 2.33. The van der Waals surface area contributed by atoms with Crippen LogP contribution in [0.5, 0.6) is 0 Å². The Morgan fingerprint density at radius 2 is 1.57 bits per heavy atom. The van der Waals surface area contributed by atoms with Gasteiger partial charge in [0.1, 0.15) is 4.90 Å². The van der Waals surface area contributed by atoms with Crippen molar-refractivity contribution < 1.29 is 21.6 Å². The summed E-state index contributed by atoms with van der Waals surface area (Å²) in [6, 6.07) is 9.21. The highest BCUT2D eigenvalue weighted by atomic mass is 32.2. The molecule has 2 aromatic carbocycles. The summed E-state index contributed by atoms with van der Waals surface area (Å²) < 4.78 is 66.9. The number of hydrogen-bond donors (Lipinski definition) is 1. The van der Waals surface area contributed by atoms with E-state index in [9.17, 15) is 21.6 Å². The molecule has 1 aliphatic heterocycles. The Kier molecular flexibility index (Phi) is 6.68. The van der Waals surface area contributed by atoms with Gasteiger partial charge in [-0.1, -0.05) is 26.0 Å². The lowest BCUT2D eigenvalue weighted by atomic mass is 10.0. The molecule has 0 atom stereocenters. The van der Waals surface area contributed by atoms with Crippen molar-refractivity contribution in [3.63, 3.8) is 0 Å². The molecule has 2 aromatic rings. The van der Waals surface area contributed by atoms with Gasteiger partial charge in [-0.25, -0.2) is 21.6 Å². The van der Waals surface area contributed by atoms with Gasteiger partial charge in [-0.15, -0.1) is 0 Å². The van der Waals surface area contributed by atoms with Crippen LogP contribution in [0.25, 0.3) is 0 Å². The fourth-order valence-electron chi connectivity index (χ4n) is 3.13. The van der Waals surface area contributed by atoms with E-state index in [0.29, 0.717) is 17.1 Å². The molecule has 1 saturated heterocycles. The second-order valence-corrected chi connectivity index (χ2v) is 9.56. The highest BCUT2D eigenvalue weighted by molar-refractivity contribution is 7.89. The van der Waals surface area contributed by atoms with Crippen molar-refractivity contribution in [1.29, 1.82) is 0 Å². The van der Waals surface area contributed by atoms with Crippen LogP contribution in [0.3, 0.4) is 0 Å². The van der Waals surface area contributed by atoms with Crippen LogP contribution < -0.4 is 5.32 Å². The summed E-state index contributed by atoms with van der Waals surface area (Å²) in [5.41, 5.74) is 2.03. The molecule has 3 rings (SSSR count). The molecule has 0 amide bonds. The fraction of sp³-hybridized carbons (Fsp3) is 0.350. The molecule has 5 nitrogen and oxygen atoms in total. The Hall–Kier alpha value is -2.17. The van der Waals surface area contributed by atoms with Crippen LogP contribution in [0.2, 0.25) is 0 Å². The maximum absolute atomic E-state index is 14.0. The lowest BCUT2D eigenvalue weighted by Gasteiger charge is -2.35. The Bertz CT molecular complexity index is 1040. The van der Waals surface area contributed by atoms with Gasteiger partial charge in [0.2, 0.25) is 10.0 Å². The molecule has 1 heterocycles. The van der Waals surface area contributed by atoms with E-state index in [4.69, 9.17) is 12.2 Å². The summed E-state index contributed by atoms with van der Waals surface area (Å²) in [5.74, 6) is -4.53. The number of nitrogens with zero attached hydrogens (tertiary/aromatic N) is 2. The normalized spacial score (nSPS) is 15.5. The van der Waals surface area contributed by atoms with Crippen LogP contribution in [0.15, 0.2) is 41.3 Å². The van der Waals surface area contributed by atoms with Gasteiger partial charge < -0.3 is 10.2 Å². The minimum Gasteiger partial charge on any atom is -0.346 e. The average Bonchev–Trinajstić information content (AvgIpc) is 2.72. The molecule has 1 N–H and O–H groups in total. The number of thiocarbonyl (C=S) groups is 1. The Morgan fingerprint density at radius 1 is 0.967 bits per heavy atom. The summed E-state index contributed by atoms with van der Waals surface area (Å²) >= 11 is 5.41. The predicted octanol–water partition coefficient (Wildman–Crippen LogP) is 3.93. The zero-order chi connectivity index (χ0) is 22.1. The highest BCUT2D eigenvalue weighted by Crippen LogP contribution is 2.24. The summed E-state index contributed by atoms with van der Waals surface area (Å²) in [7, 11) is -4.29. The quantitative estimate of drug-likeness (QED) is 0.557. The molecule has 1 fully saturated rings. The molecular formula is C20H22F3N3O2S2. The molecule has 0 aliphatic carbocycles. The SMILES string of the molecule is CC(C)c1ccc(NC(=S)N2CCN(S(=O)(=O)c3ccc(F)c(F)c3F)CC2)cc1. The van der Waals surface area contributed by atoms with E-state index in [1.165, 1.54) is 5.56 Å². The van der Waals surface area contributed by atoms with Crippen molar-refractivity contribution >= 4 is 33.0 Å². The van der Waals surface area contributed by atoms with Crippen molar-refractivity contribution in [1.82, 2.24) is 9.21 Å². The van der Waals surface area contributed by atoms with Crippen molar-refractivity contribution in [3.05, 3.63) is 59.4 Å².